The van der Waals surface area contributed by atoms with E-state index in [0.29, 0.717) is 17.4 Å². The summed E-state index contributed by atoms with van der Waals surface area (Å²) in [6.45, 7) is 9.36. The number of hydrogen-bond donors (Lipinski definition) is 1. The van der Waals surface area contributed by atoms with Gasteiger partial charge < -0.3 is 5.32 Å². The van der Waals surface area contributed by atoms with Crippen LogP contribution in [0.3, 0.4) is 0 Å². The highest BCUT2D eigenvalue weighted by atomic mass is 32.2. The van der Waals surface area contributed by atoms with Crippen LogP contribution < -0.4 is 5.32 Å². The second-order valence-corrected chi connectivity index (χ2v) is 7.50. The van der Waals surface area contributed by atoms with Crippen molar-refractivity contribution in [1.29, 1.82) is 0 Å². The number of nitrogens with one attached hydrogen (secondary N) is 1. The van der Waals surface area contributed by atoms with Gasteiger partial charge in [0.05, 0.1) is 11.5 Å². The number of sulfone groups is 1. The van der Waals surface area contributed by atoms with Crippen LogP contribution in [0.1, 0.15) is 59.8 Å². The third-order valence-corrected chi connectivity index (χ3v) is 5.26. The lowest BCUT2D eigenvalue weighted by molar-refractivity contribution is 0.391. The summed E-state index contributed by atoms with van der Waals surface area (Å²) in [6, 6.07) is 0.113. The van der Waals surface area contributed by atoms with Gasteiger partial charge in [-0.3, -0.25) is 0 Å². The van der Waals surface area contributed by atoms with E-state index in [-0.39, 0.29) is 6.04 Å². The Bertz CT molecular complexity index is 288. The zero-order chi connectivity index (χ0) is 14.0. The van der Waals surface area contributed by atoms with Crippen molar-refractivity contribution in [3.05, 3.63) is 0 Å². The van der Waals surface area contributed by atoms with Gasteiger partial charge in [0.1, 0.15) is 0 Å². The minimum atomic E-state index is -2.90. The summed E-state index contributed by atoms with van der Waals surface area (Å²) < 4.78 is 24.1. The maximum absolute atomic E-state index is 12.1. The second-order valence-electron chi connectivity index (χ2n) is 5.27. The van der Waals surface area contributed by atoms with Crippen LogP contribution in [0.25, 0.3) is 0 Å². The Hall–Kier alpha value is -0.0900. The highest BCUT2D eigenvalue weighted by Crippen LogP contribution is 2.12. The van der Waals surface area contributed by atoms with Gasteiger partial charge in [-0.2, -0.15) is 0 Å². The molecule has 0 radical (unpaired) electrons. The van der Waals surface area contributed by atoms with Crippen LogP contribution in [0.5, 0.6) is 0 Å². The maximum Gasteiger partial charge on any atom is 0.151 e. The SMILES string of the molecule is CCCCCS(=O)(=O)CC(NCCC)C(C)CC. The van der Waals surface area contributed by atoms with E-state index in [1.807, 2.05) is 0 Å². The number of rotatable bonds is 11. The molecular weight excluding hydrogens is 246 g/mol. The van der Waals surface area contributed by atoms with Gasteiger partial charge in [0.15, 0.2) is 9.84 Å². The molecule has 0 aliphatic carbocycles. The van der Waals surface area contributed by atoms with Gasteiger partial charge in [-0.25, -0.2) is 8.42 Å². The third kappa shape index (κ3) is 8.09. The molecule has 0 aromatic carbocycles. The van der Waals surface area contributed by atoms with Gasteiger partial charge >= 0.3 is 0 Å². The molecule has 18 heavy (non-hydrogen) atoms. The fourth-order valence-electron chi connectivity index (χ4n) is 1.97. The Kier molecular flexibility index (Phi) is 9.74. The van der Waals surface area contributed by atoms with Crippen molar-refractivity contribution in [2.24, 2.45) is 5.92 Å². The summed E-state index contributed by atoms with van der Waals surface area (Å²) in [5.41, 5.74) is 0. The van der Waals surface area contributed by atoms with Crippen molar-refractivity contribution in [1.82, 2.24) is 5.32 Å². The molecule has 0 heterocycles. The summed E-state index contributed by atoms with van der Waals surface area (Å²) >= 11 is 0. The average molecular weight is 277 g/mol. The molecule has 0 rings (SSSR count). The summed E-state index contributed by atoms with van der Waals surface area (Å²) in [6.07, 6.45) is 4.95. The molecule has 0 spiro atoms. The highest BCUT2D eigenvalue weighted by Gasteiger charge is 2.22. The highest BCUT2D eigenvalue weighted by molar-refractivity contribution is 7.91. The topological polar surface area (TPSA) is 46.2 Å². The lowest BCUT2D eigenvalue weighted by atomic mass is 10.0. The van der Waals surface area contributed by atoms with Crippen molar-refractivity contribution in [3.8, 4) is 0 Å². The van der Waals surface area contributed by atoms with Gasteiger partial charge in [-0.15, -0.1) is 0 Å². The van der Waals surface area contributed by atoms with Crippen LogP contribution in [-0.4, -0.2) is 32.5 Å². The smallest absolute Gasteiger partial charge is 0.151 e. The van der Waals surface area contributed by atoms with Crippen molar-refractivity contribution in [2.75, 3.05) is 18.1 Å². The number of unbranched alkanes of at least 4 members (excludes halogenated alkanes) is 2. The van der Waals surface area contributed by atoms with Gasteiger partial charge in [0, 0.05) is 6.04 Å². The molecule has 0 aliphatic rings. The monoisotopic (exact) mass is 277 g/mol. The molecule has 3 nitrogen and oxygen atoms in total. The van der Waals surface area contributed by atoms with Crippen molar-refractivity contribution in [2.45, 2.75) is 65.8 Å². The van der Waals surface area contributed by atoms with E-state index in [1.54, 1.807) is 0 Å². The lowest BCUT2D eigenvalue weighted by Crippen LogP contribution is -2.41. The summed E-state index contributed by atoms with van der Waals surface area (Å²) in [5, 5.41) is 3.39. The molecule has 4 heteroatoms. The first-order valence-corrected chi connectivity index (χ1v) is 9.22. The molecule has 110 valence electrons. The maximum atomic E-state index is 12.1. The minimum Gasteiger partial charge on any atom is -0.313 e. The number of hydrogen-bond acceptors (Lipinski definition) is 3. The van der Waals surface area contributed by atoms with E-state index >= 15 is 0 Å². The molecule has 0 bridgehead atoms. The minimum absolute atomic E-state index is 0.113. The fraction of sp³-hybridized carbons (Fsp3) is 1.00. The normalized spacial score (nSPS) is 15.6. The predicted molar refractivity (Wildman–Crippen MR) is 79.7 cm³/mol. The zero-order valence-corrected chi connectivity index (χ0v) is 13.4. The molecule has 0 fully saturated rings. The largest absolute Gasteiger partial charge is 0.313 e. The van der Waals surface area contributed by atoms with Crippen molar-refractivity contribution < 1.29 is 8.42 Å². The zero-order valence-electron chi connectivity index (χ0n) is 12.5. The summed E-state index contributed by atoms with van der Waals surface area (Å²) in [4.78, 5) is 0. The van der Waals surface area contributed by atoms with Crippen LogP contribution in [0, 0.1) is 5.92 Å². The van der Waals surface area contributed by atoms with E-state index in [4.69, 9.17) is 0 Å². The molecule has 2 unspecified atom stereocenters. The lowest BCUT2D eigenvalue weighted by Gasteiger charge is -2.24. The fourth-order valence-corrected chi connectivity index (χ4v) is 3.77. The molecule has 1 N–H and O–H groups in total. The summed E-state index contributed by atoms with van der Waals surface area (Å²) in [7, 11) is -2.90. The average Bonchev–Trinajstić information content (AvgIpc) is 2.33. The standard InChI is InChI=1S/C14H31NO2S/c1-5-8-9-11-18(16,17)12-14(13(4)7-3)15-10-6-2/h13-15H,5-12H2,1-4H3. The Morgan fingerprint density at radius 2 is 1.72 bits per heavy atom. The molecule has 0 aromatic rings. The summed E-state index contributed by atoms with van der Waals surface area (Å²) in [5.74, 6) is 1.06. The molecule has 2 atom stereocenters. The van der Waals surface area contributed by atoms with Crippen LogP contribution in [0.2, 0.25) is 0 Å². The van der Waals surface area contributed by atoms with E-state index in [1.165, 1.54) is 0 Å². The third-order valence-electron chi connectivity index (χ3n) is 3.48. The van der Waals surface area contributed by atoms with E-state index in [2.05, 4.69) is 33.0 Å². The quantitative estimate of drug-likeness (QED) is 0.591. The molecule has 0 amide bonds. The van der Waals surface area contributed by atoms with Gasteiger partial charge in [0.2, 0.25) is 0 Å². The Labute approximate surface area is 114 Å². The first kappa shape index (κ1) is 17.9. The second kappa shape index (κ2) is 9.79. The van der Waals surface area contributed by atoms with E-state index in [0.717, 1.165) is 38.6 Å². The molecular formula is C14H31NO2S. The van der Waals surface area contributed by atoms with Crippen LogP contribution in [0.15, 0.2) is 0 Å². The molecule has 0 aromatic heterocycles. The van der Waals surface area contributed by atoms with Crippen LogP contribution >= 0.6 is 0 Å². The van der Waals surface area contributed by atoms with Crippen molar-refractivity contribution in [3.63, 3.8) is 0 Å². The Morgan fingerprint density at radius 1 is 1.06 bits per heavy atom. The van der Waals surface area contributed by atoms with Gasteiger partial charge in [-0.1, -0.05) is 47.0 Å². The Balaban J connectivity index is 4.35. The van der Waals surface area contributed by atoms with Gasteiger partial charge in [-0.05, 0) is 25.3 Å². The Morgan fingerprint density at radius 3 is 2.22 bits per heavy atom. The van der Waals surface area contributed by atoms with Crippen LogP contribution in [-0.2, 0) is 9.84 Å². The van der Waals surface area contributed by atoms with Gasteiger partial charge in [0.25, 0.3) is 0 Å². The predicted octanol–water partition coefficient (Wildman–Crippen LogP) is 3.01. The molecule has 0 saturated heterocycles. The van der Waals surface area contributed by atoms with E-state index < -0.39 is 9.84 Å². The first-order chi connectivity index (χ1) is 8.46. The molecule has 0 saturated carbocycles. The van der Waals surface area contributed by atoms with E-state index in [9.17, 15) is 8.42 Å². The first-order valence-electron chi connectivity index (χ1n) is 7.40. The van der Waals surface area contributed by atoms with Crippen molar-refractivity contribution >= 4 is 9.84 Å². The van der Waals surface area contributed by atoms with Crippen LogP contribution in [0.4, 0.5) is 0 Å². The molecule has 0 aliphatic heterocycles.